The zero-order chi connectivity index (χ0) is 14.7. The van der Waals surface area contributed by atoms with Crippen molar-refractivity contribution in [2.45, 2.75) is 52.1 Å². The molecule has 1 aliphatic rings. The second-order valence-corrected chi connectivity index (χ2v) is 6.51. The van der Waals surface area contributed by atoms with E-state index >= 15 is 0 Å². The number of piperidine rings is 1. The smallest absolute Gasteiger partial charge is 0.260 e. The third-order valence-electron chi connectivity index (χ3n) is 3.92. The van der Waals surface area contributed by atoms with Crippen molar-refractivity contribution in [3.63, 3.8) is 0 Å². The summed E-state index contributed by atoms with van der Waals surface area (Å²) in [5, 5.41) is 0. The van der Waals surface area contributed by atoms with Crippen LogP contribution in [0.25, 0.3) is 0 Å². The first-order chi connectivity index (χ1) is 9.49. The molecule has 0 radical (unpaired) electrons. The van der Waals surface area contributed by atoms with Gasteiger partial charge in [0.05, 0.1) is 4.47 Å². The number of carbonyl (C=O) groups is 1. The Hall–Kier alpha value is -1.03. The number of likely N-dealkylation sites (tertiary alicyclic amines) is 1. The Kier molecular flexibility index (Phi) is 5.08. The van der Waals surface area contributed by atoms with Crippen LogP contribution in [0.2, 0.25) is 0 Å². The molecule has 1 heterocycles. The van der Waals surface area contributed by atoms with Gasteiger partial charge >= 0.3 is 0 Å². The summed E-state index contributed by atoms with van der Waals surface area (Å²) in [5.74, 6) is 0.804. The van der Waals surface area contributed by atoms with E-state index in [1.54, 1.807) is 0 Å². The molecule has 1 aromatic rings. The molecule has 1 saturated heterocycles. The number of aryl methyl sites for hydroxylation is 1. The lowest BCUT2D eigenvalue weighted by atomic mass is 9.97. The largest absolute Gasteiger partial charge is 0.483 e. The van der Waals surface area contributed by atoms with Crippen molar-refractivity contribution in [3.05, 3.63) is 28.2 Å². The van der Waals surface area contributed by atoms with Crippen molar-refractivity contribution in [2.24, 2.45) is 0 Å². The van der Waals surface area contributed by atoms with Crippen molar-refractivity contribution in [3.8, 4) is 5.75 Å². The molecular formula is C16H22BrNO2. The van der Waals surface area contributed by atoms with Gasteiger partial charge in [0.2, 0.25) is 0 Å². The first-order valence-electron chi connectivity index (χ1n) is 7.19. The number of amides is 1. The van der Waals surface area contributed by atoms with E-state index in [1.165, 1.54) is 6.42 Å². The highest BCUT2D eigenvalue weighted by Crippen LogP contribution is 2.27. The molecule has 2 rings (SSSR count). The molecule has 0 bridgehead atoms. The molecule has 0 N–H and O–H groups in total. The van der Waals surface area contributed by atoms with Crippen LogP contribution in [-0.2, 0) is 4.79 Å². The van der Waals surface area contributed by atoms with Crippen LogP contribution < -0.4 is 4.74 Å². The van der Waals surface area contributed by atoms with Crippen LogP contribution in [0.1, 0.15) is 38.7 Å². The summed E-state index contributed by atoms with van der Waals surface area (Å²) >= 11 is 3.47. The van der Waals surface area contributed by atoms with Crippen LogP contribution in [0.15, 0.2) is 22.7 Å². The number of benzene rings is 1. The SMILES string of the molecule is Cc1ccc(OCC(=O)N2[C@H](C)CCC[C@@H]2C)c(Br)c1. The van der Waals surface area contributed by atoms with E-state index in [4.69, 9.17) is 4.74 Å². The topological polar surface area (TPSA) is 29.5 Å². The summed E-state index contributed by atoms with van der Waals surface area (Å²) in [5.41, 5.74) is 1.16. The molecule has 0 aromatic heterocycles. The zero-order valence-electron chi connectivity index (χ0n) is 12.4. The Morgan fingerprint density at radius 1 is 1.35 bits per heavy atom. The standard InChI is InChI=1S/C16H22BrNO2/c1-11-7-8-15(14(17)9-11)20-10-16(19)18-12(2)5-4-6-13(18)3/h7-9,12-13H,4-6,10H2,1-3H3/t12-,13+. The van der Waals surface area contributed by atoms with E-state index in [9.17, 15) is 4.79 Å². The van der Waals surface area contributed by atoms with E-state index in [-0.39, 0.29) is 12.5 Å². The van der Waals surface area contributed by atoms with Gasteiger partial charge in [-0.2, -0.15) is 0 Å². The van der Waals surface area contributed by atoms with E-state index in [0.29, 0.717) is 12.1 Å². The van der Waals surface area contributed by atoms with E-state index in [0.717, 1.165) is 28.6 Å². The summed E-state index contributed by atoms with van der Waals surface area (Å²) in [6.07, 6.45) is 3.38. The molecule has 1 amide bonds. The van der Waals surface area contributed by atoms with Gasteiger partial charge in [-0.25, -0.2) is 0 Å². The zero-order valence-corrected chi connectivity index (χ0v) is 13.9. The lowest BCUT2D eigenvalue weighted by molar-refractivity contribution is -0.139. The lowest BCUT2D eigenvalue weighted by Crippen LogP contribution is -2.49. The molecular weight excluding hydrogens is 318 g/mol. The maximum absolute atomic E-state index is 12.4. The summed E-state index contributed by atoms with van der Waals surface area (Å²) < 4.78 is 6.56. The van der Waals surface area contributed by atoms with Gasteiger partial charge in [-0.1, -0.05) is 6.07 Å². The molecule has 0 unspecified atom stereocenters. The Bertz CT molecular complexity index is 479. The Morgan fingerprint density at radius 3 is 2.60 bits per heavy atom. The Balaban J connectivity index is 1.97. The van der Waals surface area contributed by atoms with Gasteiger partial charge in [-0.05, 0) is 73.7 Å². The Morgan fingerprint density at radius 2 is 2.00 bits per heavy atom. The number of hydrogen-bond donors (Lipinski definition) is 0. The fourth-order valence-corrected chi connectivity index (χ4v) is 3.46. The minimum atomic E-state index is 0.0807. The molecule has 3 nitrogen and oxygen atoms in total. The van der Waals surface area contributed by atoms with E-state index in [1.807, 2.05) is 30.0 Å². The highest BCUT2D eigenvalue weighted by Gasteiger charge is 2.29. The highest BCUT2D eigenvalue weighted by molar-refractivity contribution is 9.10. The molecule has 4 heteroatoms. The van der Waals surface area contributed by atoms with Crippen LogP contribution >= 0.6 is 15.9 Å². The average molecular weight is 340 g/mol. The van der Waals surface area contributed by atoms with Gasteiger partial charge < -0.3 is 9.64 Å². The van der Waals surface area contributed by atoms with Crippen LogP contribution in [0, 0.1) is 6.92 Å². The van der Waals surface area contributed by atoms with E-state index < -0.39 is 0 Å². The number of hydrogen-bond acceptors (Lipinski definition) is 2. The van der Waals surface area contributed by atoms with Crippen molar-refractivity contribution in [1.82, 2.24) is 4.90 Å². The summed E-state index contributed by atoms with van der Waals surface area (Å²) in [7, 11) is 0. The number of ether oxygens (including phenoxy) is 1. The van der Waals surface area contributed by atoms with E-state index in [2.05, 4.69) is 29.8 Å². The van der Waals surface area contributed by atoms with Crippen molar-refractivity contribution >= 4 is 21.8 Å². The van der Waals surface area contributed by atoms with Gasteiger partial charge in [0.15, 0.2) is 6.61 Å². The maximum Gasteiger partial charge on any atom is 0.260 e. The molecule has 1 aromatic carbocycles. The predicted octanol–water partition coefficient (Wildman–Crippen LogP) is 3.93. The Labute approximate surface area is 129 Å². The second kappa shape index (κ2) is 6.61. The lowest BCUT2D eigenvalue weighted by Gasteiger charge is -2.39. The monoisotopic (exact) mass is 339 g/mol. The summed E-state index contributed by atoms with van der Waals surface area (Å²) in [6.45, 7) is 6.37. The number of carbonyl (C=O) groups excluding carboxylic acids is 1. The summed E-state index contributed by atoms with van der Waals surface area (Å²) in [6, 6.07) is 6.51. The minimum Gasteiger partial charge on any atom is -0.483 e. The maximum atomic E-state index is 12.4. The van der Waals surface area contributed by atoms with Crippen LogP contribution in [0.4, 0.5) is 0 Å². The molecule has 0 aliphatic carbocycles. The predicted molar refractivity (Wildman–Crippen MR) is 84.0 cm³/mol. The third kappa shape index (κ3) is 3.54. The molecule has 1 aliphatic heterocycles. The fourth-order valence-electron chi connectivity index (χ4n) is 2.85. The molecule has 1 fully saturated rings. The van der Waals surface area contributed by atoms with Crippen LogP contribution in [-0.4, -0.2) is 29.5 Å². The summed E-state index contributed by atoms with van der Waals surface area (Å²) in [4.78, 5) is 14.3. The van der Waals surface area contributed by atoms with Crippen LogP contribution in [0.5, 0.6) is 5.75 Å². The van der Waals surface area contributed by atoms with Crippen molar-refractivity contribution in [1.29, 1.82) is 0 Å². The third-order valence-corrected chi connectivity index (χ3v) is 4.54. The van der Waals surface area contributed by atoms with Gasteiger partial charge in [-0.3, -0.25) is 4.79 Å². The van der Waals surface area contributed by atoms with Crippen molar-refractivity contribution < 1.29 is 9.53 Å². The molecule has 0 spiro atoms. The molecule has 2 atom stereocenters. The quantitative estimate of drug-likeness (QED) is 0.835. The second-order valence-electron chi connectivity index (χ2n) is 5.65. The fraction of sp³-hybridized carbons (Fsp3) is 0.562. The number of halogens is 1. The highest BCUT2D eigenvalue weighted by atomic mass is 79.9. The first kappa shape index (κ1) is 15.4. The van der Waals surface area contributed by atoms with Crippen LogP contribution in [0.3, 0.4) is 0 Å². The van der Waals surface area contributed by atoms with Gasteiger partial charge in [0.25, 0.3) is 5.91 Å². The number of nitrogens with zero attached hydrogens (tertiary/aromatic N) is 1. The van der Waals surface area contributed by atoms with Crippen molar-refractivity contribution in [2.75, 3.05) is 6.61 Å². The number of rotatable bonds is 3. The van der Waals surface area contributed by atoms with Gasteiger partial charge in [0.1, 0.15) is 5.75 Å². The average Bonchev–Trinajstić information content (AvgIpc) is 2.37. The molecule has 0 saturated carbocycles. The first-order valence-corrected chi connectivity index (χ1v) is 7.98. The molecule has 110 valence electrons. The minimum absolute atomic E-state index is 0.0807. The molecule has 20 heavy (non-hydrogen) atoms. The van der Waals surface area contributed by atoms with Gasteiger partial charge in [-0.15, -0.1) is 0 Å². The van der Waals surface area contributed by atoms with Gasteiger partial charge in [0, 0.05) is 12.1 Å². The normalized spacial score (nSPS) is 22.7.